The summed E-state index contributed by atoms with van der Waals surface area (Å²) in [6, 6.07) is 8.20. The zero-order valence-corrected chi connectivity index (χ0v) is 13.0. The molecule has 0 amide bonds. The highest BCUT2D eigenvalue weighted by Gasteiger charge is 2.02. The maximum absolute atomic E-state index is 5.74. The van der Waals surface area contributed by atoms with Crippen molar-refractivity contribution in [1.82, 2.24) is 10.3 Å². The Bertz CT molecular complexity index is 507. The Morgan fingerprint density at radius 2 is 2.00 bits per heavy atom. The maximum atomic E-state index is 5.74. The molecule has 3 nitrogen and oxygen atoms in total. The molecule has 108 valence electrons. The molecule has 1 aromatic heterocycles. The standard InChI is InChI=1S/C16H22N2OS/c1-3-17-10-4-5-11-19-15-8-6-14(7-9-15)16-18-13(2)12-20-16/h6-9,12,17H,3-5,10-11H2,1-2H3. The Hall–Kier alpha value is -1.39. The van der Waals surface area contributed by atoms with Gasteiger partial charge in [0.05, 0.1) is 6.61 Å². The number of aryl methyl sites for hydroxylation is 1. The molecule has 20 heavy (non-hydrogen) atoms. The molecule has 0 aliphatic rings. The Balaban J connectivity index is 1.77. The number of aromatic nitrogens is 1. The van der Waals surface area contributed by atoms with Crippen molar-refractivity contribution < 1.29 is 4.74 Å². The van der Waals surface area contributed by atoms with E-state index in [-0.39, 0.29) is 0 Å². The van der Waals surface area contributed by atoms with Crippen LogP contribution in [0, 0.1) is 6.92 Å². The molecule has 0 aliphatic heterocycles. The number of nitrogens with one attached hydrogen (secondary N) is 1. The van der Waals surface area contributed by atoms with Gasteiger partial charge in [-0.05, 0) is 57.1 Å². The molecule has 4 heteroatoms. The van der Waals surface area contributed by atoms with Crippen LogP contribution in [0.15, 0.2) is 29.6 Å². The molecule has 0 unspecified atom stereocenters. The van der Waals surface area contributed by atoms with Crippen LogP contribution in [-0.2, 0) is 0 Å². The van der Waals surface area contributed by atoms with Crippen LogP contribution in [0.5, 0.6) is 5.75 Å². The van der Waals surface area contributed by atoms with Crippen molar-refractivity contribution in [3.63, 3.8) is 0 Å². The van der Waals surface area contributed by atoms with Gasteiger partial charge in [-0.15, -0.1) is 11.3 Å². The third kappa shape index (κ3) is 4.62. The Morgan fingerprint density at radius 3 is 2.65 bits per heavy atom. The van der Waals surface area contributed by atoms with Crippen LogP contribution in [0.2, 0.25) is 0 Å². The van der Waals surface area contributed by atoms with E-state index in [0.29, 0.717) is 0 Å². The van der Waals surface area contributed by atoms with Crippen molar-refractivity contribution >= 4 is 11.3 Å². The van der Waals surface area contributed by atoms with Gasteiger partial charge in [-0.2, -0.15) is 0 Å². The molecule has 0 atom stereocenters. The third-order valence-electron chi connectivity index (χ3n) is 2.99. The fourth-order valence-electron chi connectivity index (χ4n) is 1.90. The summed E-state index contributed by atoms with van der Waals surface area (Å²) in [4.78, 5) is 4.49. The van der Waals surface area contributed by atoms with E-state index in [1.807, 2.05) is 19.1 Å². The highest BCUT2D eigenvalue weighted by Crippen LogP contribution is 2.25. The minimum Gasteiger partial charge on any atom is -0.494 e. The van der Waals surface area contributed by atoms with Crippen LogP contribution >= 0.6 is 11.3 Å². The van der Waals surface area contributed by atoms with Gasteiger partial charge in [0.25, 0.3) is 0 Å². The number of nitrogens with zero attached hydrogens (tertiary/aromatic N) is 1. The van der Waals surface area contributed by atoms with Crippen molar-refractivity contribution in [1.29, 1.82) is 0 Å². The van der Waals surface area contributed by atoms with E-state index < -0.39 is 0 Å². The van der Waals surface area contributed by atoms with Gasteiger partial charge in [0.1, 0.15) is 10.8 Å². The third-order valence-corrected chi connectivity index (χ3v) is 4.00. The first-order valence-corrected chi connectivity index (χ1v) is 8.03. The van der Waals surface area contributed by atoms with Gasteiger partial charge in [0.15, 0.2) is 0 Å². The summed E-state index contributed by atoms with van der Waals surface area (Å²) >= 11 is 1.68. The van der Waals surface area contributed by atoms with Crippen LogP contribution in [0.4, 0.5) is 0 Å². The Kier molecular flexibility index (Phi) is 6.02. The van der Waals surface area contributed by atoms with Gasteiger partial charge < -0.3 is 10.1 Å². The first kappa shape index (κ1) is 15.0. The summed E-state index contributed by atoms with van der Waals surface area (Å²) in [5.74, 6) is 0.936. The molecule has 0 saturated carbocycles. The monoisotopic (exact) mass is 290 g/mol. The smallest absolute Gasteiger partial charge is 0.123 e. The number of unbranched alkanes of at least 4 members (excludes halogenated alkanes) is 1. The lowest BCUT2D eigenvalue weighted by Gasteiger charge is -2.07. The van der Waals surface area contributed by atoms with Crippen LogP contribution in [0.25, 0.3) is 10.6 Å². The number of ether oxygens (including phenoxy) is 1. The summed E-state index contributed by atoms with van der Waals surface area (Å²) < 4.78 is 5.74. The molecule has 1 heterocycles. The minimum atomic E-state index is 0.779. The fraction of sp³-hybridized carbons (Fsp3) is 0.438. The zero-order chi connectivity index (χ0) is 14.2. The van der Waals surface area contributed by atoms with Gasteiger partial charge in [-0.25, -0.2) is 4.98 Å². The van der Waals surface area contributed by atoms with E-state index in [2.05, 4.69) is 34.7 Å². The Labute approximate surface area is 125 Å². The maximum Gasteiger partial charge on any atom is 0.123 e. The van der Waals surface area contributed by atoms with Crippen LogP contribution < -0.4 is 10.1 Å². The number of thiazole rings is 1. The van der Waals surface area contributed by atoms with Crippen LogP contribution in [-0.4, -0.2) is 24.7 Å². The SMILES string of the molecule is CCNCCCCOc1ccc(-c2nc(C)cs2)cc1. The molecule has 0 saturated heterocycles. The molecule has 0 fully saturated rings. The quantitative estimate of drug-likeness (QED) is 0.749. The fourth-order valence-corrected chi connectivity index (χ4v) is 2.70. The highest BCUT2D eigenvalue weighted by molar-refractivity contribution is 7.13. The number of hydrogen-bond donors (Lipinski definition) is 1. The van der Waals surface area contributed by atoms with Crippen molar-refractivity contribution in [2.45, 2.75) is 26.7 Å². The normalized spacial score (nSPS) is 10.7. The molecule has 0 aliphatic carbocycles. The van der Waals surface area contributed by atoms with E-state index in [4.69, 9.17) is 4.74 Å². The lowest BCUT2D eigenvalue weighted by molar-refractivity contribution is 0.306. The summed E-state index contributed by atoms with van der Waals surface area (Å²) in [6.07, 6.45) is 2.24. The van der Waals surface area contributed by atoms with Gasteiger partial charge in [-0.3, -0.25) is 0 Å². The first-order valence-electron chi connectivity index (χ1n) is 7.15. The van der Waals surface area contributed by atoms with Gasteiger partial charge in [0.2, 0.25) is 0 Å². The largest absolute Gasteiger partial charge is 0.494 e. The number of benzene rings is 1. The van der Waals surface area contributed by atoms with E-state index in [1.54, 1.807) is 11.3 Å². The molecule has 0 radical (unpaired) electrons. The predicted molar refractivity (Wildman–Crippen MR) is 85.6 cm³/mol. The lowest BCUT2D eigenvalue weighted by atomic mass is 10.2. The average molecular weight is 290 g/mol. The molecule has 0 bridgehead atoms. The van der Waals surface area contributed by atoms with Crippen LogP contribution in [0.3, 0.4) is 0 Å². The number of hydrogen-bond acceptors (Lipinski definition) is 4. The molecule has 2 rings (SSSR count). The summed E-state index contributed by atoms with van der Waals surface area (Å²) in [6.45, 7) is 7.04. The second-order valence-corrected chi connectivity index (χ2v) is 5.59. The van der Waals surface area contributed by atoms with E-state index in [1.165, 1.54) is 0 Å². The highest BCUT2D eigenvalue weighted by atomic mass is 32.1. The number of rotatable bonds is 8. The Morgan fingerprint density at radius 1 is 1.20 bits per heavy atom. The summed E-state index contributed by atoms with van der Waals surface area (Å²) in [5.41, 5.74) is 2.23. The predicted octanol–water partition coefficient (Wildman–Crippen LogP) is 3.89. The first-order chi connectivity index (χ1) is 9.79. The summed E-state index contributed by atoms with van der Waals surface area (Å²) in [5, 5.41) is 6.46. The lowest BCUT2D eigenvalue weighted by Crippen LogP contribution is -2.14. The van der Waals surface area contributed by atoms with Gasteiger partial charge in [0, 0.05) is 16.6 Å². The van der Waals surface area contributed by atoms with E-state index >= 15 is 0 Å². The second kappa shape index (κ2) is 8.02. The van der Waals surface area contributed by atoms with Gasteiger partial charge in [-0.1, -0.05) is 6.92 Å². The van der Waals surface area contributed by atoms with Crippen LogP contribution in [0.1, 0.15) is 25.5 Å². The molecule has 1 aromatic carbocycles. The topological polar surface area (TPSA) is 34.1 Å². The molecule has 1 N–H and O–H groups in total. The van der Waals surface area contributed by atoms with Gasteiger partial charge >= 0.3 is 0 Å². The van der Waals surface area contributed by atoms with Crippen molar-refractivity contribution in [2.75, 3.05) is 19.7 Å². The molecule has 2 aromatic rings. The van der Waals surface area contributed by atoms with E-state index in [0.717, 1.165) is 54.6 Å². The zero-order valence-electron chi connectivity index (χ0n) is 12.2. The second-order valence-electron chi connectivity index (χ2n) is 4.73. The molecule has 0 spiro atoms. The van der Waals surface area contributed by atoms with Crippen molar-refractivity contribution in [2.24, 2.45) is 0 Å². The minimum absolute atomic E-state index is 0.779. The molecular formula is C16H22N2OS. The average Bonchev–Trinajstić information content (AvgIpc) is 2.90. The van der Waals surface area contributed by atoms with Crippen molar-refractivity contribution in [3.8, 4) is 16.3 Å². The summed E-state index contributed by atoms with van der Waals surface area (Å²) in [7, 11) is 0. The van der Waals surface area contributed by atoms with Crippen molar-refractivity contribution in [3.05, 3.63) is 35.3 Å². The van der Waals surface area contributed by atoms with E-state index in [9.17, 15) is 0 Å². The molecular weight excluding hydrogens is 268 g/mol.